The van der Waals surface area contributed by atoms with E-state index in [0.717, 1.165) is 69.4 Å². The van der Waals surface area contributed by atoms with E-state index in [1.165, 1.54) is 6.08 Å². The van der Waals surface area contributed by atoms with Gasteiger partial charge in [-0.2, -0.15) is 5.10 Å². The largest absolute Gasteiger partial charge is 0.390 e. The number of nitrogens with one attached hydrogen (secondary N) is 3. The number of carbonyl (C=O) groups is 2. The molecule has 0 aromatic rings. The zero-order chi connectivity index (χ0) is 29.7. The fourth-order valence-corrected chi connectivity index (χ4v) is 4.33. The van der Waals surface area contributed by atoms with Gasteiger partial charge in [0.05, 0.1) is 5.66 Å². The monoisotopic (exact) mass is 551 g/mol. The van der Waals surface area contributed by atoms with Crippen LogP contribution in [0.5, 0.6) is 0 Å². The third-order valence-electron chi connectivity index (χ3n) is 6.71. The summed E-state index contributed by atoms with van der Waals surface area (Å²) in [4.78, 5) is 27.1. The number of nitrogens with two attached hydrogens (primary N) is 1. The number of rotatable bonds is 8. The van der Waals surface area contributed by atoms with Gasteiger partial charge in [0.15, 0.2) is 0 Å². The second kappa shape index (κ2) is 21.3. The van der Waals surface area contributed by atoms with Crippen LogP contribution in [0.4, 0.5) is 4.39 Å². The number of piperazine rings is 1. The molecule has 0 unspecified atom stereocenters. The van der Waals surface area contributed by atoms with Gasteiger partial charge in [-0.15, -0.1) is 0 Å². The highest BCUT2D eigenvalue weighted by molar-refractivity contribution is 6.39. The number of amides is 1. The van der Waals surface area contributed by atoms with E-state index >= 15 is 0 Å². The fraction of sp³-hybridized carbons (Fsp3) is 0.690. The molecule has 10 heteroatoms. The molecular weight excluding hydrogens is 497 g/mol. The summed E-state index contributed by atoms with van der Waals surface area (Å²) >= 11 is 0. The molecule has 1 saturated carbocycles. The predicted molar refractivity (Wildman–Crippen MR) is 161 cm³/mol. The van der Waals surface area contributed by atoms with Crippen molar-refractivity contribution in [3.05, 3.63) is 35.7 Å². The number of halogens is 1. The third kappa shape index (κ3) is 13.9. The van der Waals surface area contributed by atoms with Gasteiger partial charge in [-0.3, -0.25) is 15.1 Å². The van der Waals surface area contributed by atoms with Crippen LogP contribution in [0.1, 0.15) is 73.1 Å². The van der Waals surface area contributed by atoms with Gasteiger partial charge in [0.1, 0.15) is 18.7 Å². The molecule has 1 saturated heterocycles. The molecule has 224 valence electrons. The molecule has 0 radical (unpaired) electrons. The van der Waals surface area contributed by atoms with Crippen molar-refractivity contribution in [2.45, 2.75) is 84.8 Å². The van der Waals surface area contributed by atoms with Crippen molar-refractivity contribution in [3.8, 4) is 0 Å². The predicted octanol–water partition coefficient (Wildman–Crippen LogP) is 3.46. The van der Waals surface area contributed by atoms with Gasteiger partial charge in [0.25, 0.3) is 5.91 Å². The molecule has 5 N–H and O–H groups in total. The van der Waals surface area contributed by atoms with Gasteiger partial charge >= 0.3 is 0 Å². The topological polar surface area (TPSA) is 115 Å². The van der Waals surface area contributed by atoms with E-state index in [9.17, 15) is 14.0 Å². The number of hydrogen-bond donors (Lipinski definition) is 4. The van der Waals surface area contributed by atoms with Crippen molar-refractivity contribution in [1.82, 2.24) is 25.9 Å². The lowest BCUT2D eigenvalue weighted by atomic mass is 9.84. The zero-order valence-electron chi connectivity index (χ0n) is 25.4. The number of hydrazone groups is 1. The van der Waals surface area contributed by atoms with Crippen LogP contribution >= 0.6 is 0 Å². The number of hydrogen-bond acceptors (Lipinski definition) is 8. The molecule has 0 aromatic carbocycles. The molecule has 3 aliphatic rings. The molecule has 3 rings (SSSR count). The lowest BCUT2D eigenvalue weighted by Gasteiger charge is -2.48. The first-order valence-electron chi connectivity index (χ1n) is 14.4. The molecule has 0 spiro atoms. The van der Waals surface area contributed by atoms with Crippen LogP contribution in [0, 0.1) is 0 Å². The van der Waals surface area contributed by atoms with E-state index in [-0.39, 0.29) is 17.6 Å². The third-order valence-corrected chi connectivity index (χ3v) is 6.71. The van der Waals surface area contributed by atoms with Crippen LogP contribution < -0.4 is 21.8 Å². The number of nitrogens with zero attached hydrogens (tertiary/aromatic N) is 3. The second-order valence-corrected chi connectivity index (χ2v) is 9.39. The van der Waals surface area contributed by atoms with Crippen molar-refractivity contribution in [2.75, 3.05) is 46.9 Å². The maximum absolute atomic E-state index is 12.4. The van der Waals surface area contributed by atoms with Gasteiger partial charge in [0.2, 0.25) is 0 Å². The molecule has 0 atom stereocenters. The quantitative estimate of drug-likeness (QED) is 0.270. The van der Waals surface area contributed by atoms with E-state index in [4.69, 9.17) is 5.73 Å². The molecule has 1 amide bonds. The molecular formula is C29H54FN7O2. The molecule has 39 heavy (non-hydrogen) atoms. The zero-order valence-corrected chi connectivity index (χ0v) is 25.4. The van der Waals surface area contributed by atoms with Crippen molar-refractivity contribution in [3.63, 3.8) is 0 Å². The molecule has 9 nitrogen and oxygen atoms in total. The Morgan fingerprint density at radius 1 is 1.21 bits per heavy atom. The highest BCUT2D eigenvalue weighted by Crippen LogP contribution is 2.30. The van der Waals surface area contributed by atoms with E-state index < -0.39 is 6.67 Å². The molecule has 1 aliphatic carbocycles. The fourth-order valence-electron chi connectivity index (χ4n) is 4.33. The minimum Gasteiger partial charge on any atom is -0.390 e. The minimum atomic E-state index is -0.454. The lowest BCUT2D eigenvalue weighted by Crippen LogP contribution is -2.63. The average Bonchev–Trinajstić information content (AvgIpc) is 2.97. The molecule has 2 fully saturated rings. The maximum atomic E-state index is 12.4. The highest BCUT2D eigenvalue weighted by Gasteiger charge is 2.38. The van der Waals surface area contributed by atoms with Crippen molar-refractivity contribution < 1.29 is 14.0 Å². The van der Waals surface area contributed by atoms with Crippen LogP contribution in [0.2, 0.25) is 0 Å². The van der Waals surface area contributed by atoms with Crippen LogP contribution in [0.25, 0.3) is 0 Å². The summed E-state index contributed by atoms with van der Waals surface area (Å²) in [5.74, 6) is -0.0810. The van der Waals surface area contributed by atoms with Gasteiger partial charge < -0.3 is 26.1 Å². The summed E-state index contributed by atoms with van der Waals surface area (Å²) in [6.45, 7) is 13.6. The Hall–Kier alpha value is -2.56. The van der Waals surface area contributed by atoms with Crippen LogP contribution in [-0.2, 0) is 9.59 Å². The van der Waals surface area contributed by atoms with Crippen LogP contribution in [-0.4, -0.2) is 86.4 Å². The first-order chi connectivity index (χ1) is 18.8. The number of alkyl halides is 1. The van der Waals surface area contributed by atoms with Gasteiger partial charge in [0, 0.05) is 64.0 Å². The Kier molecular flexibility index (Phi) is 19.9. The minimum absolute atomic E-state index is 0.0810. The van der Waals surface area contributed by atoms with Gasteiger partial charge in [-0.1, -0.05) is 51.5 Å². The first kappa shape index (κ1) is 36.4. The van der Waals surface area contributed by atoms with Crippen molar-refractivity contribution >= 4 is 17.9 Å². The summed E-state index contributed by atoms with van der Waals surface area (Å²) < 4.78 is 11.4. The number of carbonyl (C=O) groups excluding carboxylic acids is 2. The van der Waals surface area contributed by atoms with E-state index in [0.29, 0.717) is 18.6 Å². The Bertz CT molecular complexity index is 810. The Morgan fingerprint density at radius 2 is 1.82 bits per heavy atom. The molecule has 2 heterocycles. The Morgan fingerprint density at radius 3 is 2.36 bits per heavy atom. The van der Waals surface area contributed by atoms with Crippen LogP contribution in [0.15, 0.2) is 40.8 Å². The number of likely N-dealkylation sites (N-methyl/N-ethyl adjacent to an activating group) is 1. The molecule has 0 aromatic heterocycles. The van der Waals surface area contributed by atoms with E-state index in [1.807, 2.05) is 41.7 Å². The average molecular weight is 552 g/mol. The standard InChI is InChI=1S/C17H31N7O.C8H11FO.2C2H6/c1-19-14-11-15(22-20-12-14)16(25)21-13-3-5-17(18,6-4-13)24-9-7-23(2)8-10-24;1-8(5-7-10)4-2-3-6-9;2*1-2/h12-13,19-20H,3-11,18H2,1-2H3,(H,21,25);2-4,7H,5-6H2,1H3;2*1-2H3/b;3-2-,8-4-;;. The molecule has 2 aliphatic heterocycles. The van der Waals surface area contributed by atoms with Gasteiger partial charge in [-0.05, 0) is 39.7 Å². The number of allylic oxidation sites excluding steroid dienone is 5. The Balaban J connectivity index is 0.000000871. The summed E-state index contributed by atoms with van der Waals surface area (Å²) in [7, 11) is 4.00. The maximum Gasteiger partial charge on any atom is 0.268 e. The van der Waals surface area contributed by atoms with Crippen molar-refractivity contribution in [2.24, 2.45) is 10.8 Å². The first-order valence-corrected chi connectivity index (χ1v) is 14.4. The highest BCUT2D eigenvalue weighted by atomic mass is 19.1. The summed E-state index contributed by atoms with van der Waals surface area (Å²) in [6.07, 6.45) is 12.0. The Labute approximate surface area is 236 Å². The lowest BCUT2D eigenvalue weighted by molar-refractivity contribution is -0.116. The molecule has 0 bridgehead atoms. The summed E-state index contributed by atoms with van der Waals surface area (Å²) in [5.41, 5.74) is 11.7. The van der Waals surface area contributed by atoms with E-state index in [2.05, 4.69) is 38.0 Å². The smallest absolute Gasteiger partial charge is 0.268 e. The number of aldehydes is 1. The summed E-state index contributed by atoms with van der Waals surface area (Å²) in [6, 6.07) is 0.184. The van der Waals surface area contributed by atoms with E-state index in [1.54, 1.807) is 18.4 Å². The second-order valence-electron chi connectivity index (χ2n) is 9.39. The SMILES string of the molecule is C/C(=C/C=C\CF)CC=O.CC.CC.CNC1=CNN=C(C(=O)NC2CCC(N)(N3CCN(C)CC3)CC2)C1. The van der Waals surface area contributed by atoms with Crippen molar-refractivity contribution in [1.29, 1.82) is 0 Å². The van der Waals surface area contributed by atoms with Crippen LogP contribution in [0.3, 0.4) is 0 Å². The summed E-state index contributed by atoms with van der Waals surface area (Å²) in [5, 5.41) is 10.3. The van der Waals surface area contributed by atoms with Gasteiger partial charge in [-0.25, -0.2) is 4.39 Å². The normalized spacial score (nSPS) is 23.7.